The fourth-order valence-corrected chi connectivity index (χ4v) is 9.65. The third-order valence-electron chi connectivity index (χ3n) is 9.19. The first kappa shape index (κ1) is 34.4. The zero-order valence-electron chi connectivity index (χ0n) is 29.3. The van der Waals surface area contributed by atoms with Crippen LogP contribution in [-0.4, -0.2) is 19.8 Å². The number of thiophene rings is 2. The van der Waals surface area contributed by atoms with Gasteiger partial charge in [-0.05, 0) is 108 Å². The number of anilines is 6. The van der Waals surface area contributed by atoms with E-state index in [0.717, 1.165) is 64.8 Å². The summed E-state index contributed by atoms with van der Waals surface area (Å²) < 4.78 is 33.9. The van der Waals surface area contributed by atoms with Gasteiger partial charge in [-0.15, -0.1) is 31.5 Å². The smallest absolute Gasteiger partial charge is 0.311 e. The predicted molar refractivity (Wildman–Crippen MR) is 231 cm³/mol. The molecule has 0 atom stereocenters. The zero-order valence-corrected chi connectivity index (χ0v) is 31.8. The molecule has 0 aliphatic carbocycles. The maximum atomic E-state index is 12.8. The molecule has 0 saturated heterocycles. The normalized spacial score (nSPS) is 13.2. The second kappa shape index (κ2) is 14.8. The van der Waals surface area contributed by atoms with Gasteiger partial charge in [0, 0.05) is 43.9 Å². The summed E-state index contributed by atoms with van der Waals surface area (Å²) in [6, 6.07) is 65.9. The molecule has 9 rings (SSSR count). The molecule has 0 spiro atoms. The molecule has 9 heteroatoms. The Morgan fingerprint density at radius 2 is 0.600 bits per heavy atom. The van der Waals surface area contributed by atoms with Crippen LogP contribution in [0, 0.1) is 0 Å². The molecule has 0 unspecified atom stereocenters. The maximum Gasteiger partial charge on any atom is 0.364 e. The summed E-state index contributed by atoms with van der Waals surface area (Å²) >= 11 is 3.01. The highest BCUT2D eigenvalue weighted by Gasteiger charge is 2.29. The van der Waals surface area contributed by atoms with Gasteiger partial charge in [-0.3, -0.25) is 0 Å². The summed E-state index contributed by atoms with van der Waals surface area (Å²) in [5.74, 6) is 0. The molecule has 1 aliphatic rings. The van der Waals surface area contributed by atoms with Gasteiger partial charge >= 0.3 is 10.2 Å². The first-order valence-electron chi connectivity index (χ1n) is 17.7. The van der Waals surface area contributed by atoms with Crippen molar-refractivity contribution in [3.05, 3.63) is 204 Å². The average Bonchev–Trinajstić information content (AvgIpc) is 4.00. The Morgan fingerprint density at radius 3 is 0.909 bits per heavy atom. The fourth-order valence-electron chi connectivity index (χ4n) is 6.65. The van der Waals surface area contributed by atoms with Crippen LogP contribution in [-0.2, 0) is 10.2 Å². The van der Waals surface area contributed by atoms with Crippen molar-refractivity contribution in [3.63, 3.8) is 0 Å². The molecule has 0 bridgehead atoms. The lowest BCUT2D eigenvalue weighted by Gasteiger charge is -2.25. The van der Waals surface area contributed by atoms with Crippen molar-refractivity contribution in [1.82, 2.24) is 0 Å². The van der Waals surface area contributed by atoms with Crippen molar-refractivity contribution in [1.29, 1.82) is 0 Å². The molecule has 0 radical (unpaired) electrons. The lowest BCUT2D eigenvalue weighted by molar-refractivity contribution is 0.601. The van der Waals surface area contributed by atoms with Gasteiger partial charge in [-0.25, -0.2) is 0 Å². The number of rotatable bonds is 10. The summed E-state index contributed by atoms with van der Waals surface area (Å²) in [6.45, 7) is 0. The summed E-state index contributed by atoms with van der Waals surface area (Å²) in [6.07, 6.45) is 0. The van der Waals surface area contributed by atoms with Crippen molar-refractivity contribution in [2.75, 3.05) is 9.80 Å². The lowest BCUT2D eigenvalue weighted by Crippen LogP contribution is -2.10. The minimum atomic E-state index is -4.01. The number of nitrogens with zero attached hydrogens (tertiary/aromatic N) is 4. The third kappa shape index (κ3) is 7.16. The van der Waals surface area contributed by atoms with Crippen molar-refractivity contribution in [3.8, 4) is 20.9 Å². The predicted octanol–water partition coefficient (Wildman–Crippen LogP) is 12.6. The summed E-state index contributed by atoms with van der Waals surface area (Å²) in [7, 11) is -4.01. The SMILES string of the molecule is O=S1(=O)N=C(c2ccc(-c3ccc(N(c4ccccc4)c4ccccc4)cc3)s2)C(c2ccc(-c3ccc(N(c4ccccc4)c4ccccc4)cc3)s2)=N1. The summed E-state index contributed by atoms with van der Waals surface area (Å²) in [4.78, 5) is 7.94. The van der Waals surface area contributed by atoms with E-state index >= 15 is 0 Å². The van der Waals surface area contributed by atoms with Crippen LogP contribution < -0.4 is 9.80 Å². The summed E-state index contributed by atoms with van der Waals surface area (Å²) in [5, 5.41) is 0. The highest BCUT2D eigenvalue weighted by molar-refractivity contribution is 7.89. The topological polar surface area (TPSA) is 65.3 Å². The highest BCUT2D eigenvalue weighted by Crippen LogP contribution is 2.39. The molecule has 0 amide bonds. The van der Waals surface area contributed by atoms with E-state index in [9.17, 15) is 8.42 Å². The van der Waals surface area contributed by atoms with Gasteiger partial charge < -0.3 is 9.80 Å². The number of hydrogen-bond donors (Lipinski definition) is 0. The molecular weight excluding hydrogens is 737 g/mol. The number of benzene rings is 6. The van der Waals surface area contributed by atoms with E-state index in [1.54, 1.807) is 0 Å². The van der Waals surface area contributed by atoms with Crippen LogP contribution in [0.4, 0.5) is 34.1 Å². The molecular formula is C46H32N4O2S3. The van der Waals surface area contributed by atoms with Crippen molar-refractivity contribution < 1.29 is 8.42 Å². The Hall–Kier alpha value is -6.39. The Morgan fingerprint density at radius 1 is 0.327 bits per heavy atom. The van der Waals surface area contributed by atoms with E-state index in [1.165, 1.54) is 22.7 Å². The Bertz CT molecular complexity index is 2480. The van der Waals surface area contributed by atoms with E-state index in [0.29, 0.717) is 11.4 Å². The third-order valence-corrected chi connectivity index (χ3v) is 12.3. The van der Waals surface area contributed by atoms with Gasteiger partial charge in [-0.1, -0.05) is 97.1 Å². The van der Waals surface area contributed by atoms with Crippen LogP contribution in [0.3, 0.4) is 0 Å². The second-order valence-corrected chi connectivity index (χ2v) is 16.2. The minimum absolute atomic E-state index is 0.373. The second-order valence-electron chi connectivity index (χ2n) is 12.8. The lowest BCUT2D eigenvalue weighted by atomic mass is 10.1. The fraction of sp³-hybridized carbons (Fsp3) is 0. The van der Waals surface area contributed by atoms with Crippen LogP contribution in [0.15, 0.2) is 203 Å². The van der Waals surface area contributed by atoms with Crippen LogP contribution in [0.2, 0.25) is 0 Å². The Balaban J connectivity index is 0.968. The van der Waals surface area contributed by atoms with Crippen LogP contribution >= 0.6 is 22.7 Å². The molecule has 6 nitrogen and oxygen atoms in total. The van der Waals surface area contributed by atoms with Gasteiger partial charge in [0.05, 0.1) is 9.75 Å². The van der Waals surface area contributed by atoms with Crippen LogP contribution in [0.1, 0.15) is 9.75 Å². The maximum absolute atomic E-state index is 12.8. The molecule has 0 fully saturated rings. The first-order valence-corrected chi connectivity index (χ1v) is 20.7. The molecule has 0 saturated carbocycles. The molecule has 266 valence electrons. The van der Waals surface area contributed by atoms with Gasteiger partial charge in [0.25, 0.3) is 0 Å². The van der Waals surface area contributed by atoms with Gasteiger partial charge in [0.15, 0.2) is 0 Å². The van der Waals surface area contributed by atoms with Gasteiger partial charge in [0.1, 0.15) is 11.4 Å². The molecule has 2 aromatic heterocycles. The Labute approximate surface area is 328 Å². The van der Waals surface area contributed by atoms with Gasteiger partial charge in [-0.2, -0.15) is 8.42 Å². The average molecular weight is 769 g/mol. The van der Waals surface area contributed by atoms with E-state index in [2.05, 4.69) is 116 Å². The number of hydrogen-bond acceptors (Lipinski definition) is 6. The standard InChI is InChI=1S/C46H32N4O2S3/c51-55(52)47-45(43-31-29-41(53-43)33-21-25-39(26-22-33)49(35-13-5-1-6-14-35)36-15-7-2-8-16-36)46(48-55)44-32-30-42(54-44)34-23-27-40(28-24-34)50(37-17-9-3-10-18-37)38-19-11-4-12-20-38/h1-32H. The van der Waals surface area contributed by atoms with Crippen LogP contribution in [0.5, 0.6) is 0 Å². The molecule has 55 heavy (non-hydrogen) atoms. The summed E-state index contributed by atoms with van der Waals surface area (Å²) in [5.41, 5.74) is 9.14. The van der Waals surface area contributed by atoms with Crippen LogP contribution in [0.25, 0.3) is 20.9 Å². The van der Waals surface area contributed by atoms with Crippen molar-refractivity contribution in [2.45, 2.75) is 0 Å². The quantitative estimate of drug-likeness (QED) is 0.139. The first-order chi connectivity index (χ1) is 27.0. The highest BCUT2D eigenvalue weighted by atomic mass is 32.2. The van der Waals surface area contributed by atoms with Crippen molar-refractivity contribution >= 4 is 78.4 Å². The molecule has 0 N–H and O–H groups in total. The molecule has 1 aliphatic heterocycles. The molecule has 6 aromatic carbocycles. The van der Waals surface area contributed by atoms with E-state index < -0.39 is 10.2 Å². The van der Waals surface area contributed by atoms with Gasteiger partial charge in [0.2, 0.25) is 0 Å². The Kier molecular flexibility index (Phi) is 9.25. The minimum Gasteiger partial charge on any atom is -0.311 e. The molecule has 3 heterocycles. The molecule has 8 aromatic rings. The largest absolute Gasteiger partial charge is 0.364 e. The van der Waals surface area contributed by atoms with E-state index in [4.69, 9.17) is 0 Å². The van der Waals surface area contributed by atoms with Crippen molar-refractivity contribution in [2.24, 2.45) is 8.80 Å². The monoisotopic (exact) mass is 768 g/mol. The zero-order chi connectivity index (χ0) is 37.2. The number of para-hydroxylation sites is 4. The van der Waals surface area contributed by atoms with E-state index in [-0.39, 0.29) is 0 Å². The van der Waals surface area contributed by atoms with E-state index in [1.807, 2.05) is 97.1 Å².